The van der Waals surface area contributed by atoms with E-state index in [9.17, 15) is 0 Å². The van der Waals surface area contributed by atoms with E-state index in [-0.39, 0.29) is 12.4 Å². The van der Waals surface area contributed by atoms with Crippen molar-refractivity contribution in [2.75, 3.05) is 14.1 Å². The Morgan fingerprint density at radius 2 is 1.80 bits per heavy atom. The largest absolute Gasteiger partial charge is 1.00 e. The zero-order chi connectivity index (χ0) is 7.49. The molecule has 0 aliphatic rings. The molecule has 0 bridgehead atoms. The first-order valence-corrected chi connectivity index (χ1v) is 3.14. The van der Waals surface area contributed by atoms with Crippen LogP contribution < -0.4 is 12.4 Å². The molecule has 0 aromatic carbocycles. The maximum Gasteiger partial charge on any atom is 0.102 e. The van der Waals surface area contributed by atoms with Gasteiger partial charge in [-0.15, -0.1) is 0 Å². The number of rotatable bonds is 2. The minimum absolute atomic E-state index is 0. The second-order valence-electron chi connectivity index (χ2n) is 2.76. The molecule has 0 aromatic heterocycles. The van der Waals surface area contributed by atoms with Gasteiger partial charge >= 0.3 is 0 Å². The number of hydrogen-bond acceptors (Lipinski definition) is 0. The lowest BCUT2D eigenvalue weighted by Gasteiger charge is -2.23. The Kier molecular flexibility index (Phi) is 5.62. The van der Waals surface area contributed by atoms with Crippen LogP contribution in [0.15, 0.2) is 24.6 Å². The van der Waals surface area contributed by atoms with Crippen LogP contribution in [-0.4, -0.2) is 18.6 Å². The molecule has 0 saturated carbocycles. The van der Waals surface area contributed by atoms with E-state index in [0.717, 1.165) is 10.2 Å². The Hall–Kier alpha value is -0.270. The Labute approximate surface area is 70.0 Å². The molecule has 0 aliphatic carbocycles. The second-order valence-corrected chi connectivity index (χ2v) is 2.76. The third kappa shape index (κ3) is 3.70. The van der Waals surface area contributed by atoms with Crippen molar-refractivity contribution in [2.45, 2.75) is 13.8 Å². The lowest BCUT2D eigenvalue weighted by molar-refractivity contribution is -0.798. The normalized spacial score (nSPS) is 11.2. The van der Waals surface area contributed by atoms with Gasteiger partial charge in [0.15, 0.2) is 0 Å². The van der Waals surface area contributed by atoms with Crippen molar-refractivity contribution in [3.8, 4) is 0 Å². The van der Waals surface area contributed by atoms with Crippen molar-refractivity contribution < 1.29 is 16.9 Å². The van der Waals surface area contributed by atoms with Crippen molar-refractivity contribution >= 4 is 0 Å². The average molecular weight is 162 g/mol. The third-order valence-electron chi connectivity index (χ3n) is 1.51. The fraction of sp³-hybridized carbons (Fsp3) is 0.500. The minimum Gasteiger partial charge on any atom is -1.00 e. The predicted molar refractivity (Wildman–Crippen MR) is 41.7 cm³/mol. The second kappa shape index (κ2) is 4.53. The molecule has 2 heteroatoms. The molecule has 0 rings (SSSR count). The smallest absolute Gasteiger partial charge is 0.102 e. The number of hydrogen-bond donors (Lipinski definition) is 0. The molecule has 1 nitrogen and oxygen atoms in total. The van der Waals surface area contributed by atoms with Gasteiger partial charge in [0.05, 0.1) is 20.3 Å². The lowest BCUT2D eigenvalue weighted by atomic mass is 10.4. The highest BCUT2D eigenvalue weighted by atomic mass is 35.5. The molecular formula is C8H16ClN. The van der Waals surface area contributed by atoms with Crippen LogP contribution in [0.1, 0.15) is 13.8 Å². The number of nitrogens with zero attached hydrogens (tertiary/aromatic N) is 1. The standard InChI is InChI=1S/C8H16N.ClH/c1-6-7-9(4,5)8(2)3;/h6-7H,2H2,1,3-5H3;1H/q+1;/p-1. The van der Waals surface area contributed by atoms with Gasteiger partial charge in [-0.05, 0) is 19.6 Å². The molecule has 60 valence electrons. The van der Waals surface area contributed by atoms with Gasteiger partial charge in [-0.1, -0.05) is 0 Å². The topological polar surface area (TPSA) is 0 Å². The number of quaternary nitrogens is 1. The first-order chi connectivity index (χ1) is 4.00. The van der Waals surface area contributed by atoms with Crippen LogP contribution in [0.4, 0.5) is 0 Å². The predicted octanol–water partition coefficient (Wildman–Crippen LogP) is -0.866. The molecule has 0 amide bonds. The SMILES string of the molecule is C=C(C)[N+](C)(C)C=CC.[Cl-]. The Morgan fingerprint density at radius 3 is 1.90 bits per heavy atom. The van der Waals surface area contributed by atoms with E-state index in [0.29, 0.717) is 0 Å². The summed E-state index contributed by atoms with van der Waals surface area (Å²) < 4.78 is 0.774. The Morgan fingerprint density at radius 1 is 1.40 bits per heavy atom. The van der Waals surface area contributed by atoms with Crippen LogP contribution in [-0.2, 0) is 0 Å². The molecule has 0 radical (unpaired) electrons. The third-order valence-corrected chi connectivity index (χ3v) is 1.51. The van der Waals surface area contributed by atoms with Crippen LogP contribution in [0, 0.1) is 0 Å². The highest BCUT2D eigenvalue weighted by Crippen LogP contribution is 2.07. The molecule has 0 heterocycles. The molecule has 0 aromatic rings. The van der Waals surface area contributed by atoms with Gasteiger partial charge in [-0.2, -0.15) is 0 Å². The number of allylic oxidation sites excluding steroid dienone is 2. The van der Waals surface area contributed by atoms with E-state index in [4.69, 9.17) is 0 Å². The molecule has 0 fully saturated rings. The van der Waals surface area contributed by atoms with Gasteiger partial charge in [-0.3, -0.25) is 4.48 Å². The van der Waals surface area contributed by atoms with Crippen molar-refractivity contribution in [1.29, 1.82) is 0 Å². The summed E-state index contributed by atoms with van der Waals surface area (Å²) in [5, 5.41) is 0. The minimum atomic E-state index is 0. The van der Waals surface area contributed by atoms with Crippen LogP contribution in [0.5, 0.6) is 0 Å². The average Bonchev–Trinajstić information content (AvgIpc) is 1.65. The maximum absolute atomic E-state index is 3.87. The summed E-state index contributed by atoms with van der Waals surface area (Å²) >= 11 is 0. The van der Waals surface area contributed by atoms with Crippen LogP contribution >= 0.6 is 0 Å². The highest BCUT2D eigenvalue weighted by molar-refractivity contribution is 4.81. The van der Waals surface area contributed by atoms with E-state index in [1.165, 1.54) is 0 Å². The molecule has 0 saturated heterocycles. The van der Waals surface area contributed by atoms with E-state index < -0.39 is 0 Å². The van der Waals surface area contributed by atoms with Crippen LogP contribution in [0.3, 0.4) is 0 Å². The van der Waals surface area contributed by atoms with E-state index in [1.54, 1.807) is 0 Å². The van der Waals surface area contributed by atoms with Gasteiger partial charge in [0.1, 0.15) is 5.70 Å². The van der Waals surface area contributed by atoms with Crippen molar-refractivity contribution in [3.63, 3.8) is 0 Å². The van der Waals surface area contributed by atoms with Crippen LogP contribution in [0.25, 0.3) is 0 Å². The zero-order valence-electron chi connectivity index (χ0n) is 7.19. The molecule has 0 spiro atoms. The molecule has 0 N–H and O–H groups in total. The summed E-state index contributed by atoms with van der Waals surface area (Å²) in [7, 11) is 4.20. The summed E-state index contributed by atoms with van der Waals surface area (Å²) in [5.41, 5.74) is 1.15. The van der Waals surface area contributed by atoms with Gasteiger partial charge in [0.2, 0.25) is 0 Å². The zero-order valence-corrected chi connectivity index (χ0v) is 7.94. The highest BCUT2D eigenvalue weighted by Gasteiger charge is 2.10. The van der Waals surface area contributed by atoms with Gasteiger partial charge in [-0.25, -0.2) is 0 Å². The Bertz CT molecular complexity index is 136. The van der Waals surface area contributed by atoms with Crippen molar-refractivity contribution in [1.82, 2.24) is 0 Å². The van der Waals surface area contributed by atoms with E-state index >= 15 is 0 Å². The maximum atomic E-state index is 3.87. The van der Waals surface area contributed by atoms with Crippen molar-refractivity contribution in [2.24, 2.45) is 0 Å². The fourth-order valence-electron chi connectivity index (χ4n) is 0.500. The van der Waals surface area contributed by atoms with Gasteiger partial charge in [0.25, 0.3) is 0 Å². The summed E-state index contributed by atoms with van der Waals surface area (Å²) in [6.45, 7) is 7.91. The molecule has 0 unspecified atom stereocenters. The van der Waals surface area contributed by atoms with E-state index in [2.05, 4.69) is 26.9 Å². The lowest BCUT2D eigenvalue weighted by Crippen LogP contribution is -3.00. The quantitative estimate of drug-likeness (QED) is 0.463. The molecular weight excluding hydrogens is 146 g/mol. The summed E-state index contributed by atoms with van der Waals surface area (Å²) in [4.78, 5) is 0. The fourth-order valence-corrected chi connectivity index (χ4v) is 0.500. The van der Waals surface area contributed by atoms with Gasteiger partial charge in [0, 0.05) is 6.92 Å². The Balaban J connectivity index is 0. The van der Waals surface area contributed by atoms with Gasteiger partial charge < -0.3 is 12.4 Å². The summed E-state index contributed by atoms with van der Waals surface area (Å²) in [6.07, 6.45) is 4.14. The monoisotopic (exact) mass is 161 g/mol. The van der Waals surface area contributed by atoms with Crippen molar-refractivity contribution in [3.05, 3.63) is 24.6 Å². The first-order valence-electron chi connectivity index (χ1n) is 3.14. The molecule has 0 aliphatic heterocycles. The molecule has 0 atom stereocenters. The molecule has 10 heavy (non-hydrogen) atoms. The first kappa shape index (κ1) is 12.4. The van der Waals surface area contributed by atoms with Crippen LogP contribution in [0.2, 0.25) is 0 Å². The number of halogens is 1. The summed E-state index contributed by atoms with van der Waals surface area (Å²) in [6, 6.07) is 0. The summed E-state index contributed by atoms with van der Waals surface area (Å²) in [5.74, 6) is 0. The van der Waals surface area contributed by atoms with E-state index in [1.807, 2.05) is 19.9 Å².